The molecule has 50 heavy (non-hydrogen) atoms. The van der Waals surface area contributed by atoms with Gasteiger partial charge in [0.05, 0.1) is 22.1 Å². The number of hydrogen-bond acceptors (Lipinski definition) is 4. The van der Waals surface area contributed by atoms with Gasteiger partial charge in [0.1, 0.15) is 11.3 Å². The van der Waals surface area contributed by atoms with Crippen LogP contribution in [0, 0.1) is 0 Å². The van der Waals surface area contributed by atoms with Crippen molar-refractivity contribution in [3.63, 3.8) is 0 Å². The van der Waals surface area contributed by atoms with Crippen LogP contribution in [0.25, 0.3) is 120 Å². The Bertz CT molecular complexity index is 3820. The van der Waals surface area contributed by atoms with Crippen molar-refractivity contribution < 1.29 is 0 Å². The van der Waals surface area contributed by atoms with Crippen LogP contribution in [0.5, 0.6) is 0 Å². The third-order valence-electron chi connectivity index (χ3n) is 11.2. The molecule has 0 bridgehead atoms. The summed E-state index contributed by atoms with van der Waals surface area (Å²) in [7, 11) is 0. The molecule has 9 aromatic carbocycles. The molecule has 0 amide bonds. The Morgan fingerprint density at radius 2 is 0.940 bits per heavy atom. The highest BCUT2D eigenvalue weighted by molar-refractivity contribution is 6.40. The Labute approximate surface area is 279 Å². The number of fused-ring (bicyclic) bond motifs is 12. The molecule has 0 radical (unpaired) electrons. The molecule has 0 N–H and O–H groups in total. The molecule has 13 aromatic rings. The van der Waals surface area contributed by atoms with Crippen LogP contribution >= 0.6 is 0 Å². The summed E-state index contributed by atoms with van der Waals surface area (Å²) in [5.74, 6) is 0. The number of benzene rings is 9. The standard InChI is InChI=1S/C44H20N4O2/c49-36-17-29-26-11-12-28-38-25(19-47-34-15-23-7-3-1-5-21(23)13-32(34)45-43(28)47)9-10-27(39(26)38)41-37(50)18-30-40(42(29)41)31(36)20-48-35-16-24-8-4-2-6-22(24)14-33(35)46-44(30)48/h1-20H. The molecule has 0 saturated heterocycles. The predicted molar refractivity (Wildman–Crippen MR) is 205 cm³/mol. The van der Waals surface area contributed by atoms with E-state index in [1.54, 1.807) is 12.1 Å². The number of aromatic nitrogens is 4. The first-order valence-electron chi connectivity index (χ1n) is 16.7. The van der Waals surface area contributed by atoms with E-state index in [1.807, 2.05) is 22.7 Å². The molecule has 4 heterocycles. The lowest BCUT2D eigenvalue weighted by molar-refractivity contribution is 1.26. The summed E-state index contributed by atoms with van der Waals surface area (Å²) in [5, 5.41) is 14.8. The second kappa shape index (κ2) is 8.20. The average molecular weight is 637 g/mol. The van der Waals surface area contributed by atoms with Gasteiger partial charge in [-0.15, -0.1) is 0 Å². The third kappa shape index (κ3) is 2.82. The highest BCUT2D eigenvalue weighted by Gasteiger charge is 2.24. The van der Waals surface area contributed by atoms with Crippen LogP contribution in [0.1, 0.15) is 0 Å². The maximum absolute atomic E-state index is 14.5. The zero-order valence-electron chi connectivity index (χ0n) is 26.2. The molecule has 0 fully saturated rings. The normalized spacial score (nSPS) is 13.0. The van der Waals surface area contributed by atoms with E-state index in [1.165, 1.54) is 5.39 Å². The number of hydrogen-bond donors (Lipinski definition) is 0. The molecule has 228 valence electrons. The first-order chi connectivity index (χ1) is 24.6. The van der Waals surface area contributed by atoms with Crippen LogP contribution in [0.15, 0.2) is 131 Å². The monoisotopic (exact) mass is 636 g/mol. The summed E-state index contributed by atoms with van der Waals surface area (Å²) in [4.78, 5) is 38.8. The third-order valence-corrected chi connectivity index (χ3v) is 11.2. The van der Waals surface area contributed by atoms with E-state index in [2.05, 4.69) is 95.5 Å². The maximum Gasteiger partial charge on any atom is 0.188 e. The summed E-state index contributed by atoms with van der Waals surface area (Å²) in [6, 6.07) is 37.0. The fourth-order valence-corrected chi connectivity index (χ4v) is 9.12. The lowest BCUT2D eigenvalue weighted by Crippen LogP contribution is -2.09. The van der Waals surface area contributed by atoms with Crippen LogP contribution < -0.4 is 10.9 Å². The van der Waals surface area contributed by atoms with Crippen LogP contribution in [0.4, 0.5) is 0 Å². The van der Waals surface area contributed by atoms with Crippen molar-refractivity contribution in [3.05, 3.63) is 142 Å². The summed E-state index contributed by atoms with van der Waals surface area (Å²) in [5.41, 5.74) is 5.12. The maximum atomic E-state index is 14.5. The Morgan fingerprint density at radius 3 is 1.64 bits per heavy atom. The number of pyridine rings is 2. The molecule has 0 saturated carbocycles. The average Bonchev–Trinajstić information content (AvgIpc) is 3.68. The molecule has 0 aliphatic rings. The highest BCUT2D eigenvalue weighted by Crippen LogP contribution is 2.45. The molecule has 6 heteroatoms. The Hall–Kier alpha value is -6.92. The van der Waals surface area contributed by atoms with Gasteiger partial charge in [0.25, 0.3) is 0 Å². The molecule has 4 aromatic heterocycles. The fourth-order valence-electron chi connectivity index (χ4n) is 9.12. The van der Waals surface area contributed by atoms with Gasteiger partial charge in [-0.2, -0.15) is 0 Å². The van der Waals surface area contributed by atoms with Crippen LogP contribution in [-0.4, -0.2) is 18.8 Å². The first-order valence-corrected chi connectivity index (χ1v) is 16.7. The van der Waals surface area contributed by atoms with Crippen molar-refractivity contribution in [3.8, 4) is 0 Å². The van der Waals surface area contributed by atoms with E-state index in [0.29, 0.717) is 21.8 Å². The zero-order valence-corrected chi connectivity index (χ0v) is 26.2. The Kier molecular flexibility index (Phi) is 4.12. The smallest absolute Gasteiger partial charge is 0.188 e. The summed E-state index contributed by atoms with van der Waals surface area (Å²) in [6.07, 6.45) is 4.08. The van der Waals surface area contributed by atoms with E-state index in [0.717, 1.165) is 92.3 Å². The van der Waals surface area contributed by atoms with E-state index in [9.17, 15) is 9.59 Å². The van der Waals surface area contributed by atoms with Crippen molar-refractivity contribution in [2.45, 2.75) is 0 Å². The van der Waals surface area contributed by atoms with E-state index in [-0.39, 0.29) is 10.9 Å². The SMILES string of the molecule is O=c1cc2c3ccc4c5c(ccc(c6c(=O)cc7c(c1cn1c8cc9ccccc9cc8nc71)c26)c35)cn1c2cc3ccccc3cc2nc41. The highest BCUT2D eigenvalue weighted by atomic mass is 16.1. The van der Waals surface area contributed by atoms with Gasteiger partial charge in [0.15, 0.2) is 10.9 Å². The lowest BCUT2D eigenvalue weighted by atomic mass is 9.86. The molecule has 0 spiro atoms. The van der Waals surface area contributed by atoms with Crippen LogP contribution in [-0.2, 0) is 0 Å². The lowest BCUT2D eigenvalue weighted by Gasteiger charge is -2.18. The van der Waals surface area contributed by atoms with E-state index < -0.39 is 0 Å². The molecule has 0 atom stereocenters. The van der Waals surface area contributed by atoms with Gasteiger partial charge in [-0.3, -0.25) is 18.4 Å². The molecular formula is C44H20N4O2. The van der Waals surface area contributed by atoms with Crippen molar-refractivity contribution in [2.75, 3.05) is 0 Å². The van der Waals surface area contributed by atoms with Crippen molar-refractivity contribution >= 4 is 120 Å². The fraction of sp³-hybridized carbons (Fsp3) is 0. The van der Waals surface area contributed by atoms with E-state index in [4.69, 9.17) is 9.97 Å². The van der Waals surface area contributed by atoms with Crippen molar-refractivity contribution in [2.24, 2.45) is 0 Å². The van der Waals surface area contributed by atoms with E-state index >= 15 is 0 Å². The zero-order chi connectivity index (χ0) is 32.6. The molecule has 0 unspecified atom stereocenters. The Morgan fingerprint density at radius 1 is 0.380 bits per heavy atom. The molecular weight excluding hydrogens is 617 g/mol. The van der Waals surface area contributed by atoms with Crippen molar-refractivity contribution in [1.82, 2.24) is 18.8 Å². The summed E-state index contributed by atoms with van der Waals surface area (Å²) in [6.45, 7) is 0. The number of imidazole rings is 2. The Balaban J connectivity index is 1.21. The van der Waals surface area contributed by atoms with Gasteiger partial charge >= 0.3 is 0 Å². The molecule has 13 rings (SSSR count). The van der Waals surface area contributed by atoms with Gasteiger partial charge in [0.2, 0.25) is 0 Å². The van der Waals surface area contributed by atoms with Gasteiger partial charge in [-0.25, -0.2) is 9.97 Å². The number of nitrogens with zero attached hydrogens (tertiary/aromatic N) is 4. The second-order valence-corrected chi connectivity index (χ2v) is 13.7. The quantitative estimate of drug-likeness (QED) is 0.123. The van der Waals surface area contributed by atoms with Crippen LogP contribution in [0.2, 0.25) is 0 Å². The van der Waals surface area contributed by atoms with Crippen LogP contribution in [0.3, 0.4) is 0 Å². The van der Waals surface area contributed by atoms with Gasteiger partial charge in [-0.1, -0.05) is 66.7 Å². The number of rotatable bonds is 0. The predicted octanol–water partition coefficient (Wildman–Crippen LogP) is 9.55. The van der Waals surface area contributed by atoms with Gasteiger partial charge in [0, 0.05) is 50.1 Å². The first kappa shape index (κ1) is 25.1. The summed E-state index contributed by atoms with van der Waals surface area (Å²) >= 11 is 0. The molecule has 0 aliphatic heterocycles. The molecule has 0 aliphatic carbocycles. The topological polar surface area (TPSA) is 68.7 Å². The summed E-state index contributed by atoms with van der Waals surface area (Å²) < 4.78 is 4.16. The largest absolute Gasteiger partial charge is 0.298 e. The minimum absolute atomic E-state index is 0.0732. The minimum atomic E-state index is -0.0749. The van der Waals surface area contributed by atoms with Crippen molar-refractivity contribution in [1.29, 1.82) is 0 Å². The minimum Gasteiger partial charge on any atom is -0.298 e. The van der Waals surface area contributed by atoms with Gasteiger partial charge < -0.3 is 0 Å². The molecule has 6 nitrogen and oxygen atoms in total. The second-order valence-electron chi connectivity index (χ2n) is 13.7. The van der Waals surface area contributed by atoms with Gasteiger partial charge in [-0.05, 0) is 90.9 Å².